The molecule has 4 rings (SSSR count). The maximum absolute atomic E-state index is 13.4. The van der Waals surface area contributed by atoms with Gasteiger partial charge in [0.05, 0.1) is 24.3 Å². The second-order valence-corrected chi connectivity index (χ2v) is 10.6. The highest BCUT2D eigenvalue weighted by Crippen LogP contribution is 2.47. The fourth-order valence-corrected chi connectivity index (χ4v) is 5.05. The standard InChI is InChI=1S/C21H26ClN7O5S/c1-13(17(34-4)18-23-10-14(22)11-24-18)35(30,31)28-20-27-26-19(15-6-5-7-16(25-15)33-3)29(20)21(8-9-21)12-32-2/h5-7,10-11,13,17H,8-9,12H2,1-4H3,(H,27,28). The fourth-order valence-electron chi connectivity index (χ4n) is 3.82. The Kier molecular flexibility index (Phi) is 7.22. The van der Waals surface area contributed by atoms with Crippen LogP contribution in [0.4, 0.5) is 5.95 Å². The molecular formula is C21H26ClN7O5S. The largest absolute Gasteiger partial charge is 0.481 e. The Balaban J connectivity index is 1.71. The summed E-state index contributed by atoms with van der Waals surface area (Å²) in [5, 5.41) is 7.70. The molecule has 2 atom stereocenters. The Labute approximate surface area is 208 Å². The van der Waals surface area contributed by atoms with Crippen molar-refractivity contribution in [1.29, 1.82) is 0 Å². The lowest BCUT2D eigenvalue weighted by atomic mass is 10.2. The normalized spacial score (nSPS) is 16.5. The summed E-state index contributed by atoms with van der Waals surface area (Å²) in [7, 11) is 0.467. The second kappa shape index (κ2) is 10.0. The number of hydrogen-bond acceptors (Lipinski definition) is 10. The predicted octanol–water partition coefficient (Wildman–Crippen LogP) is 2.45. The van der Waals surface area contributed by atoms with E-state index >= 15 is 0 Å². The number of aromatic nitrogens is 6. The lowest BCUT2D eigenvalue weighted by Crippen LogP contribution is -2.35. The Morgan fingerprint density at radius 3 is 2.49 bits per heavy atom. The molecule has 3 heterocycles. The van der Waals surface area contributed by atoms with Gasteiger partial charge in [0.15, 0.2) is 11.6 Å². The van der Waals surface area contributed by atoms with Gasteiger partial charge in [-0.25, -0.2) is 23.4 Å². The highest BCUT2D eigenvalue weighted by molar-refractivity contribution is 7.93. The molecule has 1 aliphatic carbocycles. The molecule has 35 heavy (non-hydrogen) atoms. The van der Waals surface area contributed by atoms with Crippen LogP contribution in [-0.4, -0.2) is 71.3 Å². The predicted molar refractivity (Wildman–Crippen MR) is 128 cm³/mol. The van der Waals surface area contributed by atoms with Crippen molar-refractivity contribution in [2.75, 3.05) is 32.7 Å². The van der Waals surface area contributed by atoms with E-state index in [4.69, 9.17) is 25.8 Å². The zero-order chi connectivity index (χ0) is 25.2. The lowest BCUT2D eigenvalue weighted by Gasteiger charge is -2.24. The van der Waals surface area contributed by atoms with Gasteiger partial charge in [-0.1, -0.05) is 17.7 Å². The number of anilines is 1. The summed E-state index contributed by atoms with van der Waals surface area (Å²) in [6.07, 6.45) is 3.34. The van der Waals surface area contributed by atoms with Crippen molar-refractivity contribution < 1.29 is 22.6 Å². The molecule has 12 nitrogen and oxygen atoms in total. The first-order valence-electron chi connectivity index (χ1n) is 10.7. The minimum atomic E-state index is -4.03. The summed E-state index contributed by atoms with van der Waals surface area (Å²) in [6, 6.07) is 5.24. The van der Waals surface area contributed by atoms with Crippen LogP contribution in [0, 0.1) is 0 Å². The average molecular weight is 524 g/mol. The van der Waals surface area contributed by atoms with E-state index in [1.165, 1.54) is 33.5 Å². The third-order valence-corrected chi connectivity index (χ3v) is 7.73. The van der Waals surface area contributed by atoms with Gasteiger partial charge in [0.1, 0.15) is 17.0 Å². The molecule has 3 aromatic rings. The molecule has 0 spiro atoms. The van der Waals surface area contributed by atoms with Crippen LogP contribution in [0.25, 0.3) is 11.5 Å². The van der Waals surface area contributed by atoms with Gasteiger partial charge in [-0.2, -0.15) is 0 Å². The molecule has 0 amide bonds. The van der Waals surface area contributed by atoms with Crippen molar-refractivity contribution in [2.24, 2.45) is 0 Å². The van der Waals surface area contributed by atoms with Crippen molar-refractivity contribution in [3.63, 3.8) is 0 Å². The highest BCUT2D eigenvalue weighted by atomic mass is 35.5. The van der Waals surface area contributed by atoms with Crippen LogP contribution in [0.5, 0.6) is 5.88 Å². The summed E-state index contributed by atoms with van der Waals surface area (Å²) >= 11 is 5.86. The number of sulfonamides is 1. The summed E-state index contributed by atoms with van der Waals surface area (Å²) in [5.41, 5.74) is -0.0126. The zero-order valence-electron chi connectivity index (χ0n) is 19.7. The van der Waals surface area contributed by atoms with Gasteiger partial charge < -0.3 is 14.2 Å². The van der Waals surface area contributed by atoms with E-state index in [1.54, 1.807) is 29.9 Å². The molecule has 188 valence electrons. The number of ether oxygens (including phenoxy) is 3. The third-order valence-electron chi connectivity index (χ3n) is 5.84. The number of rotatable bonds is 11. The molecule has 2 unspecified atom stereocenters. The molecule has 0 saturated heterocycles. The average Bonchev–Trinajstić information content (AvgIpc) is 3.50. The first-order chi connectivity index (χ1) is 16.7. The SMILES string of the molecule is COCC1(n2c(NS(=O)(=O)C(C)C(OC)c3ncc(Cl)cn3)nnc2-c2cccc(OC)n2)CC1. The summed E-state index contributed by atoms with van der Waals surface area (Å²) in [4.78, 5) is 12.7. The van der Waals surface area contributed by atoms with Crippen molar-refractivity contribution in [2.45, 2.75) is 36.7 Å². The van der Waals surface area contributed by atoms with Crippen LogP contribution >= 0.6 is 11.6 Å². The van der Waals surface area contributed by atoms with E-state index in [2.05, 4.69) is 29.9 Å². The number of methoxy groups -OCH3 is 3. The maximum Gasteiger partial charge on any atom is 0.240 e. The summed E-state index contributed by atoms with van der Waals surface area (Å²) in [5.74, 6) is 1.04. The first kappa shape index (κ1) is 25.2. The molecule has 0 aliphatic heterocycles. The summed E-state index contributed by atoms with van der Waals surface area (Å²) < 4.78 is 47.3. The Morgan fingerprint density at radius 2 is 1.89 bits per heavy atom. The molecule has 14 heteroatoms. The van der Waals surface area contributed by atoms with Crippen LogP contribution in [-0.2, 0) is 25.0 Å². The van der Waals surface area contributed by atoms with Crippen LogP contribution in [0.3, 0.4) is 0 Å². The van der Waals surface area contributed by atoms with Crippen molar-refractivity contribution in [3.05, 3.63) is 41.4 Å². The molecule has 3 aromatic heterocycles. The van der Waals surface area contributed by atoms with Gasteiger partial charge in [-0.15, -0.1) is 10.2 Å². The minimum Gasteiger partial charge on any atom is -0.481 e. The zero-order valence-corrected chi connectivity index (χ0v) is 21.2. The van der Waals surface area contributed by atoms with E-state index in [0.29, 0.717) is 29.0 Å². The molecule has 1 saturated carbocycles. The van der Waals surface area contributed by atoms with Gasteiger partial charge >= 0.3 is 0 Å². The summed E-state index contributed by atoms with van der Waals surface area (Å²) in [6.45, 7) is 1.85. The monoisotopic (exact) mass is 523 g/mol. The van der Waals surface area contributed by atoms with E-state index in [0.717, 1.165) is 12.8 Å². The molecular weight excluding hydrogens is 498 g/mol. The number of pyridine rings is 1. The van der Waals surface area contributed by atoms with Crippen molar-refractivity contribution in [3.8, 4) is 17.4 Å². The minimum absolute atomic E-state index is 0.0536. The van der Waals surface area contributed by atoms with Gasteiger partial charge in [0.2, 0.25) is 21.9 Å². The molecule has 1 aliphatic rings. The third kappa shape index (κ3) is 5.08. The van der Waals surface area contributed by atoms with E-state index in [1.807, 2.05) is 0 Å². The maximum atomic E-state index is 13.4. The van der Waals surface area contributed by atoms with Gasteiger partial charge in [-0.05, 0) is 25.8 Å². The van der Waals surface area contributed by atoms with Gasteiger partial charge in [0.25, 0.3) is 0 Å². The first-order valence-corrected chi connectivity index (χ1v) is 12.6. The number of halogens is 1. The second-order valence-electron chi connectivity index (χ2n) is 8.17. The highest BCUT2D eigenvalue weighted by Gasteiger charge is 2.49. The van der Waals surface area contributed by atoms with Crippen LogP contribution in [0.1, 0.15) is 31.7 Å². The van der Waals surface area contributed by atoms with E-state index in [9.17, 15) is 8.42 Å². The number of nitrogens with zero attached hydrogens (tertiary/aromatic N) is 6. The fraction of sp³-hybridized carbons (Fsp3) is 0.476. The van der Waals surface area contributed by atoms with Crippen LogP contribution < -0.4 is 9.46 Å². The molecule has 0 aromatic carbocycles. The molecule has 0 bridgehead atoms. The van der Waals surface area contributed by atoms with E-state index < -0.39 is 26.9 Å². The quantitative estimate of drug-likeness (QED) is 0.398. The van der Waals surface area contributed by atoms with E-state index in [-0.39, 0.29) is 11.8 Å². The Hall–Kier alpha value is -2.87. The Morgan fingerprint density at radius 1 is 1.17 bits per heavy atom. The van der Waals surface area contributed by atoms with Crippen molar-refractivity contribution in [1.82, 2.24) is 29.7 Å². The van der Waals surface area contributed by atoms with Gasteiger partial charge in [0, 0.05) is 32.7 Å². The smallest absolute Gasteiger partial charge is 0.240 e. The van der Waals surface area contributed by atoms with Gasteiger partial charge in [-0.3, -0.25) is 9.29 Å². The van der Waals surface area contributed by atoms with Crippen molar-refractivity contribution >= 4 is 27.6 Å². The molecule has 1 N–H and O–H groups in total. The Bertz CT molecular complexity index is 1280. The topological polar surface area (TPSA) is 143 Å². The number of nitrogens with one attached hydrogen (secondary N) is 1. The molecule has 0 radical (unpaired) electrons. The molecule has 1 fully saturated rings. The van der Waals surface area contributed by atoms with Crippen LogP contribution in [0.15, 0.2) is 30.6 Å². The number of hydrogen-bond donors (Lipinski definition) is 1. The lowest BCUT2D eigenvalue weighted by molar-refractivity contribution is 0.0950. The van der Waals surface area contributed by atoms with Crippen LogP contribution in [0.2, 0.25) is 5.02 Å².